The lowest BCUT2D eigenvalue weighted by atomic mass is 10.1. The molecule has 0 radical (unpaired) electrons. The Bertz CT molecular complexity index is 437. The van der Waals surface area contributed by atoms with Gasteiger partial charge in [0.2, 0.25) is 0 Å². The lowest BCUT2D eigenvalue weighted by molar-refractivity contribution is 0.0959. The van der Waals surface area contributed by atoms with Crippen molar-refractivity contribution in [2.45, 2.75) is 6.92 Å². The fourth-order valence-corrected chi connectivity index (χ4v) is 1.28. The standard InChI is InChI=1S/C10H10ClN3O/c1-6-8(11)3-2-7(9(6)13)10(15)14-5-4-12/h2-3H,5,13H2,1H3,(H,14,15). The molecule has 0 fully saturated rings. The predicted octanol–water partition coefficient (Wildman–Crippen LogP) is 1.48. The maximum atomic E-state index is 11.5. The van der Waals surface area contributed by atoms with E-state index in [2.05, 4.69) is 5.32 Å². The van der Waals surface area contributed by atoms with Crippen LogP contribution in [0.15, 0.2) is 12.1 Å². The Morgan fingerprint density at radius 1 is 1.67 bits per heavy atom. The molecule has 0 saturated carbocycles. The molecule has 0 aliphatic heterocycles. The minimum atomic E-state index is -0.367. The lowest BCUT2D eigenvalue weighted by Gasteiger charge is -2.08. The number of benzene rings is 1. The van der Waals surface area contributed by atoms with Gasteiger partial charge in [0.1, 0.15) is 6.54 Å². The summed E-state index contributed by atoms with van der Waals surface area (Å²) < 4.78 is 0. The van der Waals surface area contributed by atoms with Gasteiger partial charge in [0.25, 0.3) is 5.91 Å². The van der Waals surface area contributed by atoms with Crippen LogP contribution < -0.4 is 11.1 Å². The van der Waals surface area contributed by atoms with Crippen LogP contribution in [0.25, 0.3) is 0 Å². The second-order valence-electron chi connectivity index (χ2n) is 2.97. The quantitative estimate of drug-likeness (QED) is 0.589. The third-order valence-electron chi connectivity index (χ3n) is 2.02. The molecule has 78 valence electrons. The monoisotopic (exact) mass is 223 g/mol. The molecule has 1 rings (SSSR count). The number of hydrogen-bond donors (Lipinski definition) is 2. The molecule has 0 spiro atoms. The van der Waals surface area contributed by atoms with Crippen LogP contribution in [0.4, 0.5) is 5.69 Å². The first-order valence-electron chi connectivity index (χ1n) is 4.27. The van der Waals surface area contributed by atoms with Gasteiger partial charge in [0, 0.05) is 10.7 Å². The molecule has 15 heavy (non-hydrogen) atoms. The van der Waals surface area contributed by atoms with Crippen molar-refractivity contribution in [1.82, 2.24) is 5.32 Å². The number of carbonyl (C=O) groups excluding carboxylic acids is 1. The van der Waals surface area contributed by atoms with E-state index in [4.69, 9.17) is 22.6 Å². The molecule has 0 aliphatic rings. The zero-order chi connectivity index (χ0) is 11.4. The topological polar surface area (TPSA) is 78.9 Å². The molecule has 0 atom stereocenters. The molecule has 1 aromatic rings. The molecular weight excluding hydrogens is 214 g/mol. The summed E-state index contributed by atoms with van der Waals surface area (Å²) in [5, 5.41) is 11.2. The average molecular weight is 224 g/mol. The number of carbonyl (C=O) groups is 1. The second-order valence-corrected chi connectivity index (χ2v) is 3.38. The first-order valence-corrected chi connectivity index (χ1v) is 4.65. The zero-order valence-electron chi connectivity index (χ0n) is 8.17. The van der Waals surface area contributed by atoms with Gasteiger partial charge < -0.3 is 11.1 Å². The van der Waals surface area contributed by atoms with Crippen molar-refractivity contribution in [1.29, 1.82) is 5.26 Å². The van der Waals surface area contributed by atoms with Crippen LogP contribution >= 0.6 is 11.6 Å². The number of rotatable bonds is 2. The summed E-state index contributed by atoms with van der Waals surface area (Å²) in [5.74, 6) is -0.367. The third kappa shape index (κ3) is 2.39. The summed E-state index contributed by atoms with van der Waals surface area (Å²) in [6.07, 6.45) is 0. The second kappa shape index (κ2) is 4.67. The van der Waals surface area contributed by atoms with E-state index in [9.17, 15) is 4.79 Å². The Labute approximate surface area is 92.6 Å². The minimum absolute atomic E-state index is 0.0417. The Kier molecular flexibility index (Phi) is 3.53. The van der Waals surface area contributed by atoms with Crippen LogP contribution in [-0.2, 0) is 0 Å². The predicted molar refractivity (Wildman–Crippen MR) is 58.5 cm³/mol. The van der Waals surface area contributed by atoms with Crippen molar-refractivity contribution in [3.05, 3.63) is 28.3 Å². The number of nitrogen functional groups attached to an aromatic ring is 1. The van der Waals surface area contributed by atoms with Crippen molar-refractivity contribution >= 4 is 23.2 Å². The van der Waals surface area contributed by atoms with E-state index in [-0.39, 0.29) is 12.5 Å². The molecule has 0 bridgehead atoms. The molecule has 1 amide bonds. The van der Waals surface area contributed by atoms with E-state index in [1.54, 1.807) is 13.0 Å². The third-order valence-corrected chi connectivity index (χ3v) is 2.43. The van der Waals surface area contributed by atoms with Crippen LogP contribution in [-0.4, -0.2) is 12.5 Å². The van der Waals surface area contributed by atoms with Gasteiger partial charge in [0.15, 0.2) is 0 Å². The summed E-state index contributed by atoms with van der Waals surface area (Å²) in [4.78, 5) is 11.5. The zero-order valence-corrected chi connectivity index (χ0v) is 8.93. The van der Waals surface area contributed by atoms with E-state index >= 15 is 0 Å². The fourth-order valence-electron chi connectivity index (χ4n) is 1.11. The van der Waals surface area contributed by atoms with Gasteiger partial charge in [0.05, 0.1) is 11.6 Å². The number of nitrogens with two attached hydrogens (primary N) is 1. The molecule has 0 unspecified atom stereocenters. The Morgan fingerprint density at radius 2 is 2.33 bits per heavy atom. The van der Waals surface area contributed by atoms with Crippen LogP contribution in [0.1, 0.15) is 15.9 Å². The van der Waals surface area contributed by atoms with Crippen LogP contribution in [0.3, 0.4) is 0 Å². The molecule has 0 heterocycles. The largest absolute Gasteiger partial charge is 0.398 e. The molecule has 1 aromatic carbocycles. The molecule has 0 saturated heterocycles. The number of halogens is 1. The van der Waals surface area contributed by atoms with Gasteiger partial charge in [-0.3, -0.25) is 4.79 Å². The lowest BCUT2D eigenvalue weighted by Crippen LogP contribution is -2.24. The van der Waals surface area contributed by atoms with E-state index < -0.39 is 0 Å². The van der Waals surface area contributed by atoms with Crippen molar-refractivity contribution in [3.63, 3.8) is 0 Å². The molecule has 4 nitrogen and oxygen atoms in total. The number of anilines is 1. The van der Waals surface area contributed by atoms with Crippen LogP contribution in [0.5, 0.6) is 0 Å². The van der Waals surface area contributed by atoms with Gasteiger partial charge in [-0.1, -0.05) is 11.6 Å². The summed E-state index contributed by atoms with van der Waals surface area (Å²) >= 11 is 5.83. The average Bonchev–Trinajstić information content (AvgIpc) is 2.23. The van der Waals surface area contributed by atoms with Crippen LogP contribution in [0, 0.1) is 18.3 Å². The van der Waals surface area contributed by atoms with Gasteiger partial charge in [-0.25, -0.2) is 0 Å². The highest BCUT2D eigenvalue weighted by atomic mass is 35.5. The number of hydrogen-bond acceptors (Lipinski definition) is 3. The van der Waals surface area contributed by atoms with Gasteiger partial charge in [-0.2, -0.15) is 5.26 Å². The molecule has 3 N–H and O–H groups in total. The number of nitrogens with one attached hydrogen (secondary N) is 1. The smallest absolute Gasteiger partial charge is 0.254 e. The first kappa shape index (κ1) is 11.3. The highest BCUT2D eigenvalue weighted by Gasteiger charge is 2.12. The number of amides is 1. The SMILES string of the molecule is Cc1c(Cl)ccc(C(=O)NCC#N)c1N. The van der Waals surface area contributed by atoms with Crippen molar-refractivity contribution in [2.24, 2.45) is 0 Å². The van der Waals surface area contributed by atoms with Gasteiger partial charge >= 0.3 is 0 Å². The van der Waals surface area contributed by atoms with Crippen molar-refractivity contribution in [3.8, 4) is 6.07 Å². The Morgan fingerprint density at radius 3 is 2.93 bits per heavy atom. The van der Waals surface area contributed by atoms with Gasteiger partial charge in [-0.15, -0.1) is 0 Å². The van der Waals surface area contributed by atoms with E-state index in [1.165, 1.54) is 6.07 Å². The fraction of sp³-hybridized carbons (Fsp3) is 0.200. The molecular formula is C10H10ClN3O. The summed E-state index contributed by atoms with van der Waals surface area (Å²) in [7, 11) is 0. The molecule has 0 aliphatic carbocycles. The Balaban J connectivity index is 3.01. The van der Waals surface area contributed by atoms with E-state index in [0.717, 1.165) is 0 Å². The van der Waals surface area contributed by atoms with Crippen molar-refractivity contribution < 1.29 is 4.79 Å². The summed E-state index contributed by atoms with van der Waals surface area (Å²) in [6.45, 7) is 1.69. The van der Waals surface area contributed by atoms with Crippen LogP contribution in [0.2, 0.25) is 5.02 Å². The number of nitriles is 1. The van der Waals surface area contributed by atoms with E-state index in [0.29, 0.717) is 21.8 Å². The van der Waals surface area contributed by atoms with Crippen molar-refractivity contribution in [2.75, 3.05) is 12.3 Å². The molecule has 5 heteroatoms. The Hall–Kier alpha value is -1.73. The number of nitrogens with zero attached hydrogens (tertiary/aromatic N) is 1. The summed E-state index contributed by atoms with van der Waals surface area (Å²) in [6, 6.07) is 4.96. The normalized spacial score (nSPS) is 9.40. The summed E-state index contributed by atoms with van der Waals surface area (Å²) in [5.41, 5.74) is 7.08. The maximum Gasteiger partial charge on any atom is 0.254 e. The minimum Gasteiger partial charge on any atom is -0.398 e. The maximum absolute atomic E-state index is 11.5. The van der Waals surface area contributed by atoms with E-state index in [1.807, 2.05) is 6.07 Å². The first-order chi connectivity index (χ1) is 7.07. The molecule has 0 aromatic heterocycles. The highest BCUT2D eigenvalue weighted by molar-refractivity contribution is 6.32. The van der Waals surface area contributed by atoms with Gasteiger partial charge in [-0.05, 0) is 24.6 Å². The highest BCUT2D eigenvalue weighted by Crippen LogP contribution is 2.24.